The van der Waals surface area contributed by atoms with E-state index >= 15 is 0 Å². The Balaban J connectivity index is 1.81. The summed E-state index contributed by atoms with van der Waals surface area (Å²) < 4.78 is 5.56. The van der Waals surface area contributed by atoms with Crippen LogP contribution < -0.4 is 15.8 Å². The Labute approximate surface area is 123 Å². The van der Waals surface area contributed by atoms with Crippen molar-refractivity contribution < 1.29 is 14.6 Å². The molecule has 0 atom stereocenters. The Morgan fingerprint density at radius 3 is 2.67 bits per heavy atom. The highest BCUT2D eigenvalue weighted by atomic mass is 16.5. The summed E-state index contributed by atoms with van der Waals surface area (Å²) in [5, 5.41) is 12.2. The molecule has 2 rings (SSSR count). The minimum atomic E-state index is -0.974. The molecule has 5 heteroatoms. The van der Waals surface area contributed by atoms with Gasteiger partial charge in [0.15, 0.2) is 0 Å². The number of aromatic carboxylic acids is 1. The number of carbonyl (C=O) groups is 1. The first-order valence-electron chi connectivity index (χ1n) is 6.71. The summed E-state index contributed by atoms with van der Waals surface area (Å²) in [6.45, 7) is 1.16. The fraction of sp³-hybridized carbons (Fsp3) is 0.188. The Bertz CT molecular complexity index is 600. The van der Waals surface area contributed by atoms with Gasteiger partial charge in [-0.05, 0) is 36.8 Å². The summed E-state index contributed by atoms with van der Waals surface area (Å²) in [6, 6.07) is 14.3. The molecule has 0 radical (unpaired) electrons. The van der Waals surface area contributed by atoms with Crippen LogP contribution >= 0.6 is 0 Å². The molecule has 2 aromatic carbocycles. The van der Waals surface area contributed by atoms with Crippen molar-refractivity contribution in [3.05, 3.63) is 54.1 Å². The number of carboxylic acid groups (broad SMARTS) is 1. The molecule has 0 fully saturated rings. The lowest BCUT2D eigenvalue weighted by atomic mass is 10.1. The third kappa shape index (κ3) is 4.42. The van der Waals surface area contributed by atoms with Gasteiger partial charge in [-0.3, -0.25) is 0 Å². The van der Waals surface area contributed by atoms with Gasteiger partial charge >= 0.3 is 5.97 Å². The summed E-state index contributed by atoms with van der Waals surface area (Å²) in [4.78, 5) is 11.1. The second-order valence-corrected chi connectivity index (χ2v) is 4.55. The fourth-order valence-corrected chi connectivity index (χ4v) is 1.90. The van der Waals surface area contributed by atoms with Crippen LogP contribution in [0.1, 0.15) is 16.8 Å². The third-order valence-electron chi connectivity index (χ3n) is 2.92. The summed E-state index contributed by atoms with van der Waals surface area (Å²) in [7, 11) is 0. The van der Waals surface area contributed by atoms with Crippen LogP contribution in [-0.2, 0) is 0 Å². The first-order chi connectivity index (χ1) is 10.2. The monoisotopic (exact) mass is 286 g/mol. The molecule has 0 heterocycles. The number of carboxylic acids is 1. The van der Waals surface area contributed by atoms with E-state index in [1.165, 1.54) is 6.07 Å². The highest BCUT2D eigenvalue weighted by Crippen LogP contribution is 2.19. The van der Waals surface area contributed by atoms with Gasteiger partial charge in [-0.1, -0.05) is 18.2 Å². The lowest BCUT2D eigenvalue weighted by Gasteiger charge is -2.11. The normalized spacial score (nSPS) is 10.1. The second-order valence-electron chi connectivity index (χ2n) is 4.55. The van der Waals surface area contributed by atoms with Gasteiger partial charge in [-0.2, -0.15) is 0 Å². The van der Waals surface area contributed by atoms with E-state index in [9.17, 15) is 4.79 Å². The van der Waals surface area contributed by atoms with Crippen molar-refractivity contribution >= 4 is 17.3 Å². The van der Waals surface area contributed by atoms with Crippen molar-refractivity contribution in [3.8, 4) is 5.75 Å². The fourth-order valence-electron chi connectivity index (χ4n) is 1.90. The van der Waals surface area contributed by atoms with Gasteiger partial charge < -0.3 is 20.9 Å². The summed E-state index contributed by atoms with van der Waals surface area (Å²) in [5.74, 6) is -0.147. The molecule has 0 aromatic heterocycles. The number of nitrogens with one attached hydrogen (secondary N) is 1. The van der Waals surface area contributed by atoms with Crippen molar-refractivity contribution in [1.29, 1.82) is 0 Å². The van der Waals surface area contributed by atoms with Gasteiger partial charge in [-0.25, -0.2) is 4.79 Å². The Morgan fingerprint density at radius 1 is 1.19 bits per heavy atom. The van der Waals surface area contributed by atoms with Crippen LogP contribution in [0.15, 0.2) is 48.5 Å². The predicted molar refractivity (Wildman–Crippen MR) is 82.9 cm³/mol. The second kappa shape index (κ2) is 7.19. The molecule has 0 saturated heterocycles. The molecule has 21 heavy (non-hydrogen) atoms. The standard InChI is InChI=1S/C16H18N2O3/c17-12-7-8-14(16(19)20)15(11-12)18-9-4-10-21-13-5-2-1-3-6-13/h1-3,5-8,11,18H,4,9-10,17H2,(H,19,20). The molecule has 4 N–H and O–H groups in total. The van der Waals surface area contributed by atoms with Gasteiger partial charge in [0.1, 0.15) is 5.75 Å². The van der Waals surface area contributed by atoms with Crippen LogP contribution in [0.2, 0.25) is 0 Å². The molecule has 0 amide bonds. The van der Waals surface area contributed by atoms with Crippen molar-refractivity contribution in [2.24, 2.45) is 0 Å². The van der Waals surface area contributed by atoms with Crippen LogP contribution in [0, 0.1) is 0 Å². The zero-order valence-electron chi connectivity index (χ0n) is 11.6. The number of nitrogen functional groups attached to an aromatic ring is 1. The molecule has 5 nitrogen and oxygen atoms in total. The SMILES string of the molecule is Nc1ccc(C(=O)O)c(NCCCOc2ccccc2)c1. The largest absolute Gasteiger partial charge is 0.494 e. The molecule has 2 aromatic rings. The van der Waals surface area contributed by atoms with Gasteiger partial charge in [0.05, 0.1) is 17.9 Å². The highest BCUT2D eigenvalue weighted by molar-refractivity contribution is 5.95. The van der Waals surface area contributed by atoms with E-state index in [1.807, 2.05) is 30.3 Å². The number of hydrogen-bond donors (Lipinski definition) is 3. The van der Waals surface area contributed by atoms with Crippen molar-refractivity contribution in [3.63, 3.8) is 0 Å². The van der Waals surface area contributed by atoms with Gasteiger partial charge in [0, 0.05) is 12.2 Å². The number of hydrogen-bond acceptors (Lipinski definition) is 4. The molecular formula is C16H18N2O3. The first-order valence-corrected chi connectivity index (χ1v) is 6.71. The molecule has 0 aliphatic carbocycles. The molecule has 110 valence electrons. The Kier molecular flexibility index (Phi) is 5.04. The first kappa shape index (κ1) is 14.7. The van der Waals surface area contributed by atoms with Crippen molar-refractivity contribution in [2.45, 2.75) is 6.42 Å². The Morgan fingerprint density at radius 2 is 1.95 bits per heavy atom. The number of nitrogens with two attached hydrogens (primary N) is 1. The summed E-state index contributed by atoms with van der Waals surface area (Å²) in [5.41, 5.74) is 6.95. The number of para-hydroxylation sites is 1. The number of anilines is 2. The van der Waals surface area contributed by atoms with Gasteiger partial charge in [-0.15, -0.1) is 0 Å². The zero-order chi connectivity index (χ0) is 15.1. The van der Waals surface area contributed by atoms with E-state index in [1.54, 1.807) is 12.1 Å². The maximum atomic E-state index is 11.1. The lowest BCUT2D eigenvalue weighted by Crippen LogP contribution is -2.11. The number of ether oxygens (including phenoxy) is 1. The van der Waals surface area contributed by atoms with E-state index in [0.29, 0.717) is 24.5 Å². The smallest absolute Gasteiger partial charge is 0.337 e. The predicted octanol–water partition coefficient (Wildman–Crippen LogP) is 2.85. The minimum Gasteiger partial charge on any atom is -0.494 e. The molecule has 0 aliphatic heterocycles. The summed E-state index contributed by atoms with van der Waals surface area (Å²) >= 11 is 0. The quantitative estimate of drug-likeness (QED) is 0.538. The molecule has 0 aliphatic rings. The minimum absolute atomic E-state index is 0.216. The van der Waals surface area contributed by atoms with Crippen LogP contribution in [0.4, 0.5) is 11.4 Å². The van der Waals surface area contributed by atoms with Crippen molar-refractivity contribution in [1.82, 2.24) is 0 Å². The van der Waals surface area contributed by atoms with Gasteiger partial charge in [0.2, 0.25) is 0 Å². The van der Waals surface area contributed by atoms with E-state index in [2.05, 4.69) is 5.32 Å². The van der Waals surface area contributed by atoms with Crippen LogP contribution in [-0.4, -0.2) is 24.2 Å². The molecule has 0 unspecified atom stereocenters. The Hall–Kier alpha value is -2.69. The van der Waals surface area contributed by atoms with Crippen LogP contribution in [0.5, 0.6) is 5.75 Å². The average Bonchev–Trinajstić information content (AvgIpc) is 2.48. The molecule has 0 spiro atoms. The maximum absolute atomic E-state index is 11.1. The van der Waals surface area contributed by atoms with Crippen molar-refractivity contribution in [2.75, 3.05) is 24.2 Å². The maximum Gasteiger partial charge on any atom is 0.337 e. The summed E-state index contributed by atoms with van der Waals surface area (Å²) in [6.07, 6.45) is 0.753. The highest BCUT2D eigenvalue weighted by Gasteiger charge is 2.09. The van der Waals surface area contributed by atoms with Gasteiger partial charge in [0.25, 0.3) is 0 Å². The number of benzene rings is 2. The number of rotatable bonds is 7. The van der Waals surface area contributed by atoms with E-state index in [-0.39, 0.29) is 5.56 Å². The molecule has 0 saturated carbocycles. The molecule has 0 bridgehead atoms. The third-order valence-corrected chi connectivity index (χ3v) is 2.92. The molecular weight excluding hydrogens is 268 g/mol. The zero-order valence-corrected chi connectivity index (χ0v) is 11.6. The topological polar surface area (TPSA) is 84.6 Å². The van der Waals surface area contributed by atoms with E-state index in [4.69, 9.17) is 15.6 Å². The lowest BCUT2D eigenvalue weighted by molar-refractivity contribution is 0.0698. The van der Waals surface area contributed by atoms with E-state index in [0.717, 1.165) is 12.2 Å². The van der Waals surface area contributed by atoms with Crippen LogP contribution in [0.3, 0.4) is 0 Å². The van der Waals surface area contributed by atoms with E-state index < -0.39 is 5.97 Å². The van der Waals surface area contributed by atoms with Crippen LogP contribution in [0.25, 0.3) is 0 Å². The average molecular weight is 286 g/mol.